The summed E-state index contributed by atoms with van der Waals surface area (Å²) in [6, 6.07) is 8.80. The zero-order valence-electron chi connectivity index (χ0n) is 19.4. The third-order valence-electron chi connectivity index (χ3n) is 5.11. The van der Waals surface area contributed by atoms with Crippen molar-refractivity contribution >= 4 is 23.4 Å². The molecule has 174 valence electrons. The van der Waals surface area contributed by atoms with Gasteiger partial charge in [0.1, 0.15) is 17.6 Å². The van der Waals surface area contributed by atoms with Gasteiger partial charge >= 0.3 is 0 Å². The van der Waals surface area contributed by atoms with E-state index < -0.39 is 6.04 Å². The van der Waals surface area contributed by atoms with E-state index in [1.807, 2.05) is 34.6 Å². The maximum Gasteiger partial charge on any atom is 0.261 e. The molecule has 32 heavy (non-hydrogen) atoms. The summed E-state index contributed by atoms with van der Waals surface area (Å²) in [4.78, 5) is 27.5. The average molecular weight is 463 g/mol. The number of nitrogens with zero attached hydrogens (tertiary/aromatic N) is 1. The van der Waals surface area contributed by atoms with Crippen LogP contribution in [0.25, 0.3) is 0 Å². The Labute approximate surface area is 194 Å². The van der Waals surface area contributed by atoms with Crippen LogP contribution in [0.15, 0.2) is 36.4 Å². The van der Waals surface area contributed by atoms with Gasteiger partial charge in [-0.15, -0.1) is 0 Å². The Bertz CT molecular complexity index is 908. The van der Waals surface area contributed by atoms with E-state index in [-0.39, 0.29) is 36.7 Å². The van der Waals surface area contributed by atoms with Crippen LogP contribution in [0, 0.1) is 25.6 Å². The number of hydrogen-bond donors (Lipinski definition) is 1. The Morgan fingerprint density at radius 2 is 1.72 bits per heavy atom. The second-order valence-electron chi connectivity index (χ2n) is 8.37. The van der Waals surface area contributed by atoms with Crippen molar-refractivity contribution in [3.05, 3.63) is 63.9 Å². The van der Waals surface area contributed by atoms with E-state index in [9.17, 15) is 14.0 Å². The Kier molecular flexibility index (Phi) is 9.51. The minimum Gasteiger partial charge on any atom is -0.484 e. The monoisotopic (exact) mass is 462 g/mol. The molecule has 5 nitrogen and oxygen atoms in total. The Balaban J connectivity index is 2.22. The van der Waals surface area contributed by atoms with Gasteiger partial charge in [-0.3, -0.25) is 9.59 Å². The molecule has 7 heteroatoms. The lowest BCUT2D eigenvalue weighted by atomic mass is 10.1. The summed E-state index contributed by atoms with van der Waals surface area (Å²) in [5.41, 5.74) is 2.45. The molecule has 1 N–H and O–H groups in total. The highest BCUT2D eigenvalue weighted by molar-refractivity contribution is 6.32. The van der Waals surface area contributed by atoms with Crippen LogP contribution >= 0.6 is 11.6 Å². The van der Waals surface area contributed by atoms with Gasteiger partial charge in [-0.2, -0.15) is 0 Å². The largest absolute Gasteiger partial charge is 0.484 e. The van der Waals surface area contributed by atoms with E-state index in [1.54, 1.807) is 24.3 Å². The number of amides is 2. The number of nitrogens with one attached hydrogen (secondary N) is 1. The predicted octanol–water partition coefficient (Wildman–Crippen LogP) is 5.05. The lowest BCUT2D eigenvalue weighted by Gasteiger charge is -2.31. The number of carbonyl (C=O) groups is 2. The molecule has 0 aromatic heterocycles. The van der Waals surface area contributed by atoms with Crippen molar-refractivity contribution in [1.29, 1.82) is 0 Å². The molecule has 0 saturated carbocycles. The van der Waals surface area contributed by atoms with Gasteiger partial charge in [0, 0.05) is 18.1 Å². The fourth-order valence-corrected chi connectivity index (χ4v) is 3.46. The first-order valence-corrected chi connectivity index (χ1v) is 11.2. The molecule has 1 atom stereocenters. The molecule has 0 aliphatic carbocycles. The summed E-state index contributed by atoms with van der Waals surface area (Å²) in [6.45, 7) is 10.1. The van der Waals surface area contributed by atoms with Crippen molar-refractivity contribution < 1.29 is 18.7 Å². The number of halogens is 2. The molecule has 0 unspecified atom stereocenters. The smallest absolute Gasteiger partial charge is 0.261 e. The topological polar surface area (TPSA) is 58.6 Å². The minimum absolute atomic E-state index is 0.175. The second kappa shape index (κ2) is 11.9. The molecule has 2 aromatic carbocycles. The third-order valence-corrected chi connectivity index (χ3v) is 5.71. The zero-order valence-corrected chi connectivity index (χ0v) is 20.1. The van der Waals surface area contributed by atoms with E-state index in [1.165, 1.54) is 17.0 Å². The zero-order chi connectivity index (χ0) is 23.8. The van der Waals surface area contributed by atoms with E-state index in [4.69, 9.17) is 16.3 Å². The van der Waals surface area contributed by atoms with Crippen LogP contribution in [0.2, 0.25) is 5.02 Å². The molecular formula is C25H32ClFN2O3. The van der Waals surface area contributed by atoms with Gasteiger partial charge in [-0.25, -0.2) is 4.39 Å². The molecule has 2 aromatic rings. The first-order valence-electron chi connectivity index (χ1n) is 10.8. The van der Waals surface area contributed by atoms with Crippen molar-refractivity contribution in [3.8, 4) is 5.75 Å². The number of ether oxygens (including phenoxy) is 1. The van der Waals surface area contributed by atoms with Gasteiger partial charge in [-0.05, 0) is 67.1 Å². The maximum atomic E-state index is 13.3. The van der Waals surface area contributed by atoms with Gasteiger partial charge in [-0.1, -0.05) is 44.5 Å². The number of benzene rings is 2. The van der Waals surface area contributed by atoms with Crippen LogP contribution in [0.4, 0.5) is 4.39 Å². The van der Waals surface area contributed by atoms with Crippen molar-refractivity contribution in [2.75, 3.05) is 13.2 Å². The van der Waals surface area contributed by atoms with Crippen LogP contribution in [0.1, 0.15) is 43.9 Å². The standard InChI is InChI=1S/C25H32ClFN2O3/c1-6-22(25(31)28-13-16(2)3)29(14-19-7-9-20(27)10-8-19)23(30)15-32-21-11-17(4)24(26)18(5)12-21/h7-12,16,22H,6,13-15H2,1-5H3,(H,28,31)/t22-/m0/s1. The molecule has 0 spiro atoms. The maximum absolute atomic E-state index is 13.3. The van der Waals surface area contributed by atoms with Crippen LogP contribution in [0.5, 0.6) is 5.75 Å². The summed E-state index contributed by atoms with van der Waals surface area (Å²) < 4.78 is 19.1. The van der Waals surface area contributed by atoms with Gasteiger partial charge in [0.15, 0.2) is 6.61 Å². The van der Waals surface area contributed by atoms with E-state index in [2.05, 4.69) is 5.32 Å². The van der Waals surface area contributed by atoms with Crippen molar-refractivity contribution in [1.82, 2.24) is 10.2 Å². The van der Waals surface area contributed by atoms with Crippen molar-refractivity contribution in [2.45, 2.75) is 53.6 Å². The van der Waals surface area contributed by atoms with Gasteiger partial charge in [0.25, 0.3) is 5.91 Å². The molecule has 0 radical (unpaired) electrons. The number of rotatable bonds is 10. The summed E-state index contributed by atoms with van der Waals surface area (Å²) in [7, 11) is 0. The number of carbonyl (C=O) groups excluding carboxylic acids is 2. The van der Waals surface area contributed by atoms with Gasteiger partial charge in [0.05, 0.1) is 0 Å². The van der Waals surface area contributed by atoms with Crippen LogP contribution in [0.3, 0.4) is 0 Å². The summed E-state index contributed by atoms with van der Waals surface area (Å²) in [5.74, 6) is -0.0691. The van der Waals surface area contributed by atoms with Crippen molar-refractivity contribution in [2.24, 2.45) is 5.92 Å². The quantitative estimate of drug-likeness (QED) is 0.537. The van der Waals surface area contributed by atoms with Crippen LogP contribution in [-0.4, -0.2) is 35.9 Å². The van der Waals surface area contributed by atoms with E-state index >= 15 is 0 Å². The lowest BCUT2D eigenvalue weighted by Crippen LogP contribution is -2.50. The Morgan fingerprint density at radius 3 is 2.25 bits per heavy atom. The van der Waals surface area contributed by atoms with Crippen LogP contribution in [-0.2, 0) is 16.1 Å². The molecular weight excluding hydrogens is 431 g/mol. The first-order chi connectivity index (χ1) is 15.1. The summed E-state index contributed by atoms with van der Waals surface area (Å²) in [6.07, 6.45) is 0.441. The highest BCUT2D eigenvalue weighted by Gasteiger charge is 2.29. The lowest BCUT2D eigenvalue weighted by molar-refractivity contribution is -0.143. The molecule has 0 aliphatic rings. The number of hydrogen-bond acceptors (Lipinski definition) is 3. The second-order valence-corrected chi connectivity index (χ2v) is 8.75. The molecule has 0 bridgehead atoms. The number of aryl methyl sites for hydroxylation is 2. The molecule has 0 saturated heterocycles. The highest BCUT2D eigenvalue weighted by Crippen LogP contribution is 2.26. The van der Waals surface area contributed by atoms with E-state index in [0.29, 0.717) is 23.7 Å². The Hall–Kier alpha value is -2.60. The van der Waals surface area contributed by atoms with Gasteiger partial charge in [0.2, 0.25) is 5.91 Å². The SMILES string of the molecule is CC[C@@H](C(=O)NCC(C)C)N(Cc1ccc(F)cc1)C(=O)COc1cc(C)c(Cl)c(C)c1. The van der Waals surface area contributed by atoms with Crippen LogP contribution < -0.4 is 10.1 Å². The molecule has 0 aliphatic heterocycles. The fourth-order valence-electron chi connectivity index (χ4n) is 3.35. The minimum atomic E-state index is -0.663. The Morgan fingerprint density at radius 1 is 1.12 bits per heavy atom. The molecule has 2 rings (SSSR count). The summed E-state index contributed by atoms with van der Waals surface area (Å²) >= 11 is 6.21. The van der Waals surface area contributed by atoms with E-state index in [0.717, 1.165) is 16.7 Å². The predicted molar refractivity (Wildman–Crippen MR) is 125 cm³/mol. The summed E-state index contributed by atoms with van der Waals surface area (Å²) in [5, 5.41) is 3.57. The third kappa shape index (κ3) is 7.23. The molecule has 0 heterocycles. The molecule has 0 fully saturated rings. The average Bonchev–Trinajstić information content (AvgIpc) is 2.75. The van der Waals surface area contributed by atoms with Crippen molar-refractivity contribution in [3.63, 3.8) is 0 Å². The fraction of sp³-hybridized carbons (Fsp3) is 0.440. The normalized spacial score (nSPS) is 11.9. The first kappa shape index (κ1) is 25.7. The molecule has 2 amide bonds. The van der Waals surface area contributed by atoms with Gasteiger partial charge < -0.3 is 15.0 Å². The highest BCUT2D eigenvalue weighted by atomic mass is 35.5.